The molecule has 4 rings (SSSR count). The second-order valence-electron chi connectivity index (χ2n) is 5.90. The van der Waals surface area contributed by atoms with Crippen molar-refractivity contribution in [3.63, 3.8) is 0 Å². The van der Waals surface area contributed by atoms with Crippen LogP contribution >= 0.6 is 0 Å². The average molecular weight is 334 g/mol. The van der Waals surface area contributed by atoms with Crippen molar-refractivity contribution < 1.29 is 5.21 Å². The summed E-state index contributed by atoms with van der Waals surface area (Å²) in [7, 11) is 0. The molecule has 0 saturated heterocycles. The zero-order chi connectivity index (χ0) is 17.5. The maximum absolute atomic E-state index is 8.43. The van der Waals surface area contributed by atoms with E-state index >= 15 is 0 Å². The van der Waals surface area contributed by atoms with Crippen LogP contribution in [0.2, 0.25) is 0 Å². The highest BCUT2D eigenvalue weighted by Gasteiger charge is 2.17. The highest BCUT2D eigenvalue weighted by Crippen LogP contribution is 2.29. The number of nitrogens with two attached hydrogens (primary N) is 1. The third-order valence-corrected chi connectivity index (χ3v) is 4.37. The zero-order valence-electron chi connectivity index (χ0n) is 14.0. The Balaban J connectivity index is 0.000000146. The van der Waals surface area contributed by atoms with E-state index in [9.17, 15) is 0 Å². The number of hydrogen-bond acceptors (Lipinski definition) is 5. The van der Waals surface area contributed by atoms with Crippen LogP contribution < -0.4 is 11.1 Å². The highest BCUT2D eigenvalue weighted by atomic mass is 16.4. The lowest BCUT2D eigenvalue weighted by atomic mass is 9.91. The van der Waals surface area contributed by atoms with Crippen molar-refractivity contribution >= 4 is 22.8 Å². The van der Waals surface area contributed by atoms with Crippen molar-refractivity contribution in [1.82, 2.24) is 4.98 Å². The number of anilines is 1. The highest BCUT2D eigenvalue weighted by molar-refractivity contribution is 5.97. The van der Waals surface area contributed by atoms with Gasteiger partial charge in [0.15, 0.2) is 0 Å². The second-order valence-corrected chi connectivity index (χ2v) is 5.90. The van der Waals surface area contributed by atoms with Crippen molar-refractivity contribution in [3.05, 3.63) is 71.9 Å². The van der Waals surface area contributed by atoms with Crippen molar-refractivity contribution in [2.45, 2.75) is 12.3 Å². The van der Waals surface area contributed by atoms with Crippen LogP contribution in [-0.4, -0.2) is 29.5 Å². The van der Waals surface area contributed by atoms with Gasteiger partial charge < -0.3 is 16.3 Å². The van der Waals surface area contributed by atoms with Crippen LogP contribution in [-0.2, 0) is 0 Å². The lowest BCUT2D eigenvalue weighted by molar-refractivity contribution is 0.322. The lowest BCUT2D eigenvalue weighted by Crippen LogP contribution is -2.22. The standard InChI is InChI=1S/C10H8N2O.C10H14N2/c13-12-7-8-5-6-11-10-4-2-1-3-9(8)10;11-7-8-5-6-12-10-4-2-1-3-9(8)10/h1-7,13H;1-4,8,12H,5-7,11H2/b12-7+;. The van der Waals surface area contributed by atoms with E-state index in [1.807, 2.05) is 30.3 Å². The Morgan fingerprint density at radius 1 is 1.16 bits per heavy atom. The molecule has 0 bridgehead atoms. The number of nitrogens with zero attached hydrogens (tertiary/aromatic N) is 2. The molecular weight excluding hydrogens is 312 g/mol. The Morgan fingerprint density at radius 3 is 2.80 bits per heavy atom. The fourth-order valence-corrected chi connectivity index (χ4v) is 3.09. The van der Waals surface area contributed by atoms with Gasteiger partial charge in [0.2, 0.25) is 0 Å². The van der Waals surface area contributed by atoms with Gasteiger partial charge in [0, 0.05) is 29.4 Å². The lowest BCUT2D eigenvalue weighted by Gasteiger charge is -2.25. The number of para-hydroxylation sites is 2. The molecular formula is C20H22N4O. The summed E-state index contributed by atoms with van der Waals surface area (Å²) < 4.78 is 0. The molecule has 1 aliphatic rings. The summed E-state index contributed by atoms with van der Waals surface area (Å²) in [5.41, 5.74) is 10.1. The van der Waals surface area contributed by atoms with Gasteiger partial charge >= 0.3 is 0 Å². The molecule has 128 valence electrons. The Bertz CT molecular complexity index is 858. The number of benzene rings is 2. The van der Waals surface area contributed by atoms with E-state index in [1.54, 1.807) is 6.20 Å². The Labute approximate surface area is 147 Å². The first-order valence-electron chi connectivity index (χ1n) is 8.37. The van der Waals surface area contributed by atoms with E-state index in [1.165, 1.54) is 17.5 Å². The van der Waals surface area contributed by atoms with Crippen molar-refractivity contribution in [3.8, 4) is 0 Å². The molecule has 0 aliphatic carbocycles. The fraction of sp³-hybridized carbons (Fsp3) is 0.200. The van der Waals surface area contributed by atoms with Gasteiger partial charge in [-0.15, -0.1) is 0 Å². The molecule has 25 heavy (non-hydrogen) atoms. The molecule has 2 heterocycles. The molecule has 0 spiro atoms. The first-order chi connectivity index (χ1) is 12.3. The number of fused-ring (bicyclic) bond motifs is 2. The largest absolute Gasteiger partial charge is 0.411 e. The number of pyridine rings is 1. The van der Waals surface area contributed by atoms with E-state index in [0.29, 0.717) is 5.92 Å². The van der Waals surface area contributed by atoms with Gasteiger partial charge in [-0.2, -0.15) is 0 Å². The molecule has 5 nitrogen and oxygen atoms in total. The van der Waals surface area contributed by atoms with Crippen LogP contribution in [0.4, 0.5) is 5.69 Å². The fourth-order valence-electron chi connectivity index (χ4n) is 3.09. The molecule has 4 N–H and O–H groups in total. The Kier molecular flexibility index (Phi) is 5.59. The van der Waals surface area contributed by atoms with Crippen molar-refractivity contribution in [2.75, 3.05) is 18.4 Å². The minimum atomic E-state index is 0.558. The summed E-state index contributed by atoms with van der Waals surface area (Å²) in [4.78, 5) is 4.18. The average Bonchev–Trinajstić information content (AvgIpc) is 2.68. The number of hydrogen-bond donors (Lipinski definition) is 3. The molecule has 2 aromatic carbocycles. The number of rotatable bonds is 2. The minimum absolute atomic E-state index is 0.558. The van der Waals surface area contributed by atoms with Gasteiger partial charge in [-0.1, -0.05) is 41.6 Å². The molecule has 1 aliphatic heterocycles. The maximum Gasteiger partial charge on any atom is 0.0741 e. The molecule has 0 radical (unpaired) electrons. The minimum Gasteiger partial charge on any atom is -0.411 e. The topological polar surface area (TPSA) is 83.5 Å². The third kappa shape index (κ3) is 3.95. The molecule has 1 aromatic heterocycles. The van der Waals surface area contributed by atoms with Crippen LogP contribution in [0, 0.1) is 0 Å². The first kappa shape index (κ1) is 16.9. The summed E-state index contributed by atoms with van der Waals surface area (Å²) in [6, 6.07) is 18.0. The second kappa shape index (κ2) is 8.26. The number of nitrogens with one attached hydrogen (secondary N) is 1. The van der Waals surface area contributed by atoms with Gasteiger partial charge in [-0.3, -0.25) is 4.98 Å². The van der Waals surface area contributed by atoms with Gasteiger partial charge in [0.25, 0.3) is 0 Å². The van der Waals surface area contributed by atoms with Gasteiger partial charge in [0.1, 0.15) is 0 Å². The molecule has 5 heteroatoms. The molecule has 0 amide bonds. The van der Waals surface area contributed by atoms with Crippen LogP contribution in [0.25, 0.3) is 10.9 Å². The van der Waals surface area contributed by atoms with E-state index in [-0.39, 0.29) is 0 Å². The zero-order valence-corrected chi connectivity index (χ0v) is 14.0. The summed E-state index contributed by atoms with van der Waals surface area (Å²) in [6.45, 7) is 1.82. The Morgan fingerprint density at radius 2 is 1.96 bits per heavy atom. The number of aromatic nitrogens is 1. The van der Waals surface area contributed by atoms with Gasteiger partial charge in [-0.25, -0.2) is 0 Å². The monoisotopic (exact) mass is 334 g/mol. The van der Waals surface area contributed by atoms with Crippen LogP contribution in [0.15, 0.2) is 65.9 Å². The Hall–Kier alpha value is -2.92. The van der Waals surface area contributed by atoms with Crippen molar-refractivity contribution in [1.29, 1.82) is 0 Å². The molecule has 0 fully saturated rings. The molecule has 3 aromatic rings. The summed E-state index contributed by atoms with van der Waals surface area (Å²) in [6.07, 6.45) is 4.26. The normalized spacial score (nSPS) is 16.0. The van der Waals surface area contributed by atoms with E-state index in [4.69, 9.17) is 10.9 Å². The number of oxime groups is 1. The van der Waals surface area contributed by atoms with E-state index in [2.05, 4.69) is 39.7 Å². The quantitative estimate of drug-likeness (QED) is 0.380. The van der Waals surface area contributed by atoms with E-state index < -0.39 is 0 Å². The first-order valence-corrected chi connectivity index (χ1v) is 8.37. The van der Waals surface area contributed by atoms with Gasteiger partial charge in [0.05, 0.1) is 11.7 Å². The predicted molar refractivity (Wildman–Crippen MR) is 102 cm³/mol. The van der Waals surface area contributed by atoms with E-state index in [0.717, 1.165) is 36.0 Å². The van der Waals surface area contributed by atoms with Crippen LogP contribution in [0.5, 0.6) is 0 Å². The summed E-state index contributed by atoms with van der Waals surface area (Å²) in [5.74, 6) is 0.558. The third-order valence-electron chi connectivity index (χ3n) is 4.37. The molecule has 1 atom stereocenters. The van der Waals surface area contributed by atoms with Gasteiger partial charge in [-0.05, 0) is 42.6 Å². The molecule has 1 unspecified atom stereocenters. The maximum atomic E-state index is 8.43. The molecule has 0 saturated carbocycles. The van der Waals surface area contributed by atoms with Crippen LogP contribution in [0.1, 0.15) is 23.5 Å². The smallest absolute Gasteiger partial charge is 0.0741 e. The van der Waals surface area contributed by atoms with Crippen molar-refractivity contribution in [2.24, 2.45) is 10.9 Å². The summed E-state index contributed by atoms with van der Waals surface area (Å²) in [5, 5.41) is 15.8. The predicted octanol–water partition coefficient (Wildman–Crippen LogP) is 3.59. The summed E-state index contributed by atoms with van der Waals surface area (Å²) >= 11 is 0. The van der Waals surface area contributed by atoms with Crippen LogP contribution in [0.3, 0.4) is 0 Å². The SMILES string of the molecule is NCC1CCNc2ccccc21.O/N=C/c1ccnc2ccccc12.